The summed E-state index contributed by atoms with van der Waals surface area (Å²) >= 11 is 1.46. The minimum absolute atomic E-state index is 0.129. The molecule has 6 rings (SSSR count). The van der Waals surface area contributed by atoms with Crippen LogP contribution in [0.1, 0.15) is 41.0 Å². The predicted octanol–water partition coefficient (Wildman–Crippen LogP) is 5.60. The zero-order chi connectivity index (χ0) is 25.3. The Kier molecular flexibility index (Phi) is 6.90. The van der Waals surface area contributed by atoms with Gasteiger partial charge in [-0.05, 0) is 60.3 Å². The number of halogens is 2. The van der Waals surface area contributed by atoms with E-state index in [0.29, 0.717) is 34.9 Å². The van der Waals surface area contributed by atoms with Crippen molar-refractivity contribution < 1.29 is 27.6 Å². The van der Waals surface area contributed by atoms with Crippen molar-refractivity contribution >= 4 is 28.8 Å². The summed E-state index contributed by atoms with van der Waals surface area (Å²) in [5, 5.41) is 5.03. The molecule has 5 nitrogen and oxygen atoms in total. The Bertz CT molecular complexity index is 1220. The third kappa shape index (κ3) is 5.06. The number of Topliss-reactive ketones (excluding diaryl/α,β-unsaturated/α-hetero) is 1. The normalized spacial score (nSPS) is 25.8. The van der Waals surface area contributed by atoms with Crippen LogP contribution in [0.4, 0.5) is 14.5 Å². The van der Waals surface area contributed by atoms with Crippen LogP contribution in [-0.4, -0.2) is 48.0 Å². The number of ether oxygens (including phenoxy) is 1. The Morgan fingerprint density at radius 1 is 1.08 bits per heavy atom. The molecule has 1 aromatic heterocycles. The number of hydrogen-bond acceptors (Lipinski definition) is 5. The van der Waals surface area contributed by atoms with Gasteiger partial charge in [-0.2, -0.15) is 0 Å². The van der Waals surface area contributed by atoms with Gasteiger partial charge in [-0.15, -0.1) is 11.3 Å². The molecule has 2 bridgehead atoms. The Morgan fingerprint density at radius 3 is 2.42 bits per heavy atom. The number of thiophene rings is 1. The SMILES string of the molecule is CC1CC2CC[N+]1(CC(=O)c1cccs1)CC2OC(=O)C(Nc1ccc(F)cc1)c1ccc(F)cc1. The molecule has 1 N–H and O–H groups in total. The van der Waals surface area contributed by atoms with Gasteiger partial charge in [0.2, 0.25) is 5.78 Å². The van der Waals surface area contributed by atoms with Crippen molar-refractivity contribution in [2.45, 2.75) is 38.0 Å². The third-order valence-electron chi connectivity index (χ3n) is 7.71. The lowest BCUT2D eigenvalue weighted by molar-refractivity contribution is -0.960. The third-order valence-corrected chi connectivity index (χ3v) is 8.62. The Labute approximate surface area is 213 Å². The first-order valence-electron chi connectivity index (χ1n) is 12.2. The van der Waals surface area contributed by atoms with Crippen LogP contribution in [0.25, 0.3) is 0 Å². The van der Waals surface area contributed by atoms with Crippen LogP contribution < -0.4 is 5.32 Å². The molecule has 5 atom stereocenters. The van der Waals surface area contributed by atoms with Crippen LogP contribution in [0, 0.1) is 17.6 Å². The van der Waals surface area contributed by atoms with Gasteiger partial charge in [-0.1, -0.05) is 18.2 Å². The summed E-state index contributed by atoms with van der Waals surface area (Å²) < 4.78 is 33.7. The number of carbonyl (C=O) groups is 2. The number of fused-ring (bicyclic) bond motifs is 3. The van der Waals surface area contributed by atoms with Gasteiger partial charge in [0.25, 0.3) is 0 Å². The minimum atomic E-state index is -0.884. The first-order chi connectivity index (χ1) is 17.3. The van der Waals surface area contributed by atoms with Crippen LogP contribution in [-0.2, 0) is 9.53 Å². The van der Waals surface area contributed by atoms with E-state index in [2.05, 4.69) is 12.2 Å². The van der Waals surface area contributed by atoms with Gasteiger partial charge in [0.15, 0.2) is 12.1 Å². The van der Waals surface area contributed by atoms with Crippen LogP contribution in [0.15, 0.2) is 66.0 Å². The van der Waals surface area contributed by atoms with E-state index in [1.807, 2.05) is 17.5 Å². The van der Waals surface area contributed by atoms with Crippen molar-refractivity contribution in [3.05, 3.63) is 88.1 Å². The van der Waals surface area contributed by atoms with Crippen LogP contribution in [0.3, 0.4) is 0 Å². The highest BCUT2D eigenvalue weighted by Crippen LogP contribution is 2.40. The fourth-order valence-corrected chi connectivity index (χ4v) is 6.29. The van der Waals surface area contributed by atoms with Crippen LogP contribution >= 0.6 is 11.3 Å². The van der Waals surface area contributed by atoms with Crippen molar-refractivity contribution in [1.82, 2.24) is 0 Å². The maximum absolute atomic E-state index is 13.6. The van der Waals surface area contributed by atoms with Gasteiger partial charge >= 0.3 is 5.97 Å². The lowest BCUT2D eigenvalue weighted by atomic mass is 9.78. The fourth-order valence-electron chi connectivity index (χ4n) is 5.64. The van der Waals surface area contributed by atoms with Crippen LogP contribution in [0.2, 0.25) is 0 Å². The first-order valence-corrected chi connectivity index (χ1v) is 13.1. The zero-order valence-corrected chi connectivity index (χ0v) is 20.8. The highest BCUT2D eigenvalue weighted by Gasteiger charge is 2.53. The highest BCUT2D eigenvalue weighted by molar-refractivity contribution is 7.12. The maximum atomic E-state index is 13.6. The van der Waals surface area contributed by atoms with Crippen molar-refractivity contribution in [3.63, 3.8) is 0 Å². The summed E-state index contributed by atoms with van der Waals surface area (Å²) in [5.74, 6) is -0.889. The van der Waals surface area contributed by atoms with E-state index < -0.39 is 17.8 Å². The van der Waals surface area contributed by atoms with Gasteiger partial charge in [0, 0.05) is 24.4 Å². The monoisotopic (exact) mass is 511 g/mol. The fraction of sp³-hybridized carbons (Fsp3) is 0.357. The molecule has 3 aromatic rings. The van der Waals surface area contributed by atoms with Crippen LogP contribution in [0.5, 0.6) is 0 Å². The van der Waals surface area contributed by atoms with E-state index in [1.165, 1.54) is 35.6 Å². The van der Waals surface area contributed by atoms with Gasteiger partial charge in [-0.25, -0.2) is 13.6 Å². The number of anilines is 1. The molecule has 3 aliphatic heterocycles. The number of nitrogens with zero attached hydrogens (tertiary/aromatic N) is 1. The number of nitrogens with one attached hydrogen (secondary N) is 1. The summed E-state index contributed by atoms with van der Waals surface area (Å²) in [5.41, 5.74) is 1.10. The Morgan fingerprint density at radius 2 is 1.78 bits per heavy atom. The summed E-state index contributed by atoms with van der Waals surface area (Å²) in [4.78, 5) is 27.3. The Hall–Kier alpha value is -3.10. The standard InChI is InChI=1S/C28H29F2N2O3S/c1-18-15-20-12-13-32(18,16-24(33)26-3-2-14-36-26)17-25(20)35-28(34)27(19-4-6-21(29)7-5-19)31-23-10-8-22(30)9-11-23/h2-11,14,18,20,25,27,31H,12-13,15-17H2,1H3/q+1. The molecule has 3 aliphatic rings. The molecule has 2 aromatic carbocycles. The number of rotatable bonds is 8. The number of hydrogen-bond donors (Lipinski definition) is 1. The highest BCUT2D eigenvalue weighted by atomic mass is 32.1. The molecular weight excluding hydrogens is 482 g/mol. The number of carbonyl (C=O) groups excluding carboxylic acids is 2. The molecule has 0 radical (unpaired) electrons. The molecule has 36 heavy (non-hydrogen) atoms. The number of benzene rings is 2. The van der Waals surface area contributed by atoms with Crippen molar-refractivity contribution in [3.8, 4) is 0 Å². The summed E-state index contributed by atoms with van der Waals surface area (Å²) in [6.07, 6.45) is 1.48. The molecule has 0 spiro atoms. The number of piperidine rings is 3. The summed E-state index contributed by atoms with van der Waals surface area (Å²) in [6, 6.07) is 14.6. The van der Waals surface area contributed by atoms with E-state index in [4.69, 9.17) is 4.74 Å². The molecule has 5 unspecified atom stereocenters. The van der Waals surface area contributed by atoms with Crippen molar-refractivity contribution in [2.75, 3.05) is 25.0 Å². The lowest BCUT2D eigenvalue weighted by Gasteiger charge is -2.55. The molecular formula is C28H29F2N2O3S+. The largest absolute Gasteiger partial charge is 0.454 e. The van der Waals surface area contributed by atoms with Gasteiger partial charge in [0.05, 0.1) is 17.5 Å². The zero-order valence-electron chi connectivity index (χ0n) is 20.0. The van der Waals surface area contributed by atoms with E-state index in [0.717, 1.165) is 24.3 Å². The van der Waals surface area contributed by atoms with Gasteiger partial charge < -0.3 is 14.5 Å². The molecule has 3 fully saturated rings. The molecule has 0 amide bonds. The van der Waals surface area contributed by atoms with E-state index in [9.17, 15) is 18.4 Å². The topological polar surface area (TPSA) is 55.4 Å². The Balaban J connectivity index is 1.35. The lowest BCUT2D eigenvalue weighted by Crippen LogP contribution is -2.69. The van der Waals surface area contributed by atoms with Crippen molar-refractivity contribution in [1.29, 1.82) is 0 Å². The smallest absolute Gasteiger partial charge is 0.333 e. The van der Waals surface area contributed by atoms with E-state index in [-0.39, 0.29) is 23.6 Å². The van der Waals surface area contributed by atoms with E-state index in [1.54, 1.807) is 24.3 Å². The number of quaternary nitrogens is 1. The summed E-state index contributed by atoms with van der Waals surface area (Å²) in [6.45, 7) is 4.08. The van der Waals surface area contributed by atoms with Crippen molar-refractivity contribution in [2.24, 2.45) is 5.92 Å². The second-order valence-electron chi connectivity index (χ2n) is 9.93. The molecule has 8 heteroatoms. The first kappa shape index (κ1) is 24.6. The number of ketones is 1. The maximum Gasteiger partial charge on any atom is 0.333 e. The van der Waals surface area contributed by atoms with Gasteiger partial charge in [-0.3, -0.25) is 4.79 Å². The average molecular weight is 512 g/mol. The molecule has 4 heterocycles. The molecule has 3 saturated heterocycles. The second kappa shape index (κ2) is 10.1. The molecule has 0 saturated carbocycles. The second-order valence-corrected chi connectivity index (χ2v) is 10.9. The predicted molar refractivity (Wildman–Crippen MR) is 135 cm³/mol. The quantitative estimate of drug-likeness (QED) is 0.243. The minimum Gasteiger partial charge on any atom is -0.454 e. The molecule has 0 aliphatic carbocycles. The summed E-state index contributed by atoms with van der Waals surface area (Å²) in [7, 11) is 0. The number of esters is 1. The molecule has 188 valence electrons. The average Bonchev–Trinajstić information content (AvgIpc) is 3.41. The van der Waals surface area contributed by atoms with E-state index >= 15 is 0 Å². The van der Waals surface area contributed by atoms with Gasteiger partial charge in [0.1, 0.15) is 24.7 Å².